The van der Waals surface area contributed by atoms with Gasteiger partial charge in [0.25, 0.3) is 5.91 Å². The second kappa shape index (κ2) is 13.6. The molecule has 1 aliphatic carbocycles. The predicted octanol–water partition coefficient (Wildman–Crippen LogP) is 7.12. The van der Waals surface area contributed by atoms with Crippen LogP contribution in [-0.4, -0.2) is 59.6 Å². The second-order valence-corrected chi connectivity index (χ2v) is 14.9. The number of aromatic nitrogens is 1. The van der Waals surface area contributed by atoms with Crippen LogP contribution < -0.4 is 15.5 Å². The largest absolute Gasteiger partial charge is 0.444 e. The quantitative estimate of drug-likeness (QED) is 0.261. The minimum atomic E-state index is -4.54. The van der Waals surface area contributed by atoms with Gasteiger partial charge in [-0.15, -0.1) is 0 Å². The first kappa shape index (κ1) is 35.2. The van der Waals surface area contributed by atoms with Crippen molar-refractivity contribution in [3.05, 3.63) is 83.2 Å². The summed E-state index contributed by atoms with van der Waals surface area (Å²) in [6.07, 6.45) is 0.468. The van der Waals surface area contributed by atoms with E-state index in [0.717, 1.165) is 75.2 Å². The van der Waals surface area contributed by atoms with Gasteiger partial charge in [0.15, 0.2) is 0 Å². The van der Waals surface area contributed by atoms with Gasteiger partial charge in [0, 0.05) is 55.9 Å². The van der Waals surface area contributed by atoms with Gasteiger partial charge in [-0.05, 0) is 99.9 Å². The summed E-state index contributed by atoms with van der Waals surface area (Å²) in [5.41, 5.74) is 2.02. The molecule has 2 saturated heterocycles. The van der Waals surface area contributed by atoms with Crippen LogP contribution >= 0.6 is 0 Å². The molecule has 266 valence electrons. The van der Waals surface area contributed by atoms with Gasteiger partial charge >= 0.3 is 12.3 Å². The number of carbonyl (C=O) groups is 3. The lowest BCUT2D eigenvalue weighted by Crippen LogP contribution is -2.61. The average molecular weight is 692 g/mol. The third-order valence-corrected chi connectivity index (χ3v) is 9.78. The first-order valence-corrected chi connectivity index (χ1v) is 17.2. The lowest BCUT2D eigenvalue weighted by molar-refractivity contribution is -0.137. The molecule has 6 rings (SSSR count). The molecule has 2 N–H and O–H groups in total. The van der Waals surface area contributed by atoms with E-state index in [-0.39, 0.29) is 23.8 Å². The van der Waals surface area contributed by atoms with Crippen molar-refractivity contribution in [3.8, 4) is 11.1 Å². The Bertz CT molecular complexity index is 1730. The van der Waals surface area contributed by atoms with E-state index in [0.29, 0.717) is 28.3 Å². The van der Waals surface area contributed by atoms with Crippen molar-refractivity contribution in [3.63, 3.8) is 0 Å². The van der Waals surface area contributed by atoms with Crippen LogP contribution in [0.4, 0.5) is 23.7 Å². The molecule has 1 aromatic heterocycles. The number of alkyl carbamates (subject to hydrolysis) is 1. The summed E-state index contributed by atoms with van der Waals surface area (Å²) >= 11 is 0. The van der Waals surface area contributed by atoms with Gasteiger partial charge < -0.3 is 25.2 Å². The predicted molar refractivity (Wildman–Crippen MR) is 183 cm³/mol. The van der Waals surface area contributed by atoms with Crippen molar-refractivity contribution in [1.82, 2.24) is 20.5 Å². The third-order valence-electron chi connectivity index (χ3n) is 9.78. The number of nitrogens with one attached hydrogen (secondary N) is 2. The van der Waals surface area contributed by atoms with E-state index < -0.39 is 29.5 Å². The number of likely N-dealkylation sites (tertiary alicyclic amines) is 1. The standard InChI is InChI=1S/C38H44F3N5O4/c1-24(25-5-7-26(8-6-25)31-19-29(38(39,40)41)12-11-28(31)21-43-35(49)50-36(2,3)4)44-33(47)32-20-30(13-16-42-32)46-22-37(23-46)14-17-45(18-15-37)34(48)27-9-10-27/h5-8,11-13,16,19-20,24,27H,9-10,14-15,17-18,21-23H2,1-4H3,(H,43,49)(H,44,47)/t24-/m1/s1. The number of amides is 3. The Morgan fingerprint density at radius 1 is 0.980 bits per heavy atom. The van der Waals surface area contributed by atoms with E-state index in [1.54, 1.807) is 57.3 Å². The zero-order valence-electron chi connectivity index (χ0n) is 28.9. The maximum absolute atomic E-state index is 13.6. The van der Waals surface area contributed by atoms with Gasteiger partial charge in [0.05, 0.1) is 11.6 Å². The molecule has 1 atom stereocenters. The third kappa shape index (κ3) is 8.22. The zero-order valence-corrected chi connectivity index (χ0v) is 28.9. The molecular weight excluding hydrogens is 647 g/mol. The van der Waals surface area contributed by atoms with Crippen LogP contribution in [-0.2, 0) is 22.3 Å². The summed E-state index contributed by atoms with van der Waals surface area (Å²) < 4.78 is 46.2. The minimum Gasteiger partial charge on any atom is -0.444 e. The number of nitrogens with zero attached hydrogens (tertiary/aromatic N) is 3. The number of piperidine rings is 1. The summed E-state index contributed by atoms with van der Waals surface area (Å²) in [6.45, 7) is 10.4. The fourth-order valence-corrected chi connectivity index (χ4v) is 6.75. The molecule has 0 bridgehead atoms. The van der Waals surface area contributed by atoms with Crippen molar-refractivity contribution in [1.29, 1.82) is 0 Å². The Kier molecular flexibility index (Phi) is 9.58. The van der Waals surface area contributed by atoms with E-state index >= 15 is 0 Å². The number of anilines is 1. The van der Waals surface area contributed by atoms with Crippen molar-refractivity contribution < 1.29 is 32.3 Å². The van der Waals surface area contributed by atoms with Gasteiger partial charge in [0.1, 0.15) is 11.3 Å². The molecule has 50 heavy (non-hydrogen) atoms. The molecule has 1 spiro atoms. The highest BCUT2D eigenvalue weighted by Gasteiger charge is 2.46. The molecule has 3 fully saturated rings. The summed E-state index contributed by atoms with van der Waals surface area (Å²) in [7, 11) is 0. The number of rotatable bonds is 8. The van der Waals surface area contributed by atoms with Crippen LogP contribution in [0.2, 0.25) is 0 Å². The first-order valence-electron chi connectivity index (χ1n) is 17.2. The van der Waals surface area contributed by atoms with Crippen LogP contribution in [0.1, 0.15) is 86.6 Å². The molecule has 0 radical (unpaired) electrons. The van der Waals surface area contributed by atoms with Gasteiger partial charge in [-0.2, -0.15) is 13.2 Å². The molecule has 12 heteroatoms. The number of hydrogen-bond donors (Lipinski definition) is 2. The highest BCUT2D eigenvalue weighted by Crippen LogP contribution is 2.44. The molecule has 3 aliphatic rings. The summed E-state index contributed by atoms with van der Waals surface area (Å²) in [5.74, 6) is 0.240. The van der Waals surface area contributed by atoms with Crippen LogP contribution in [0.25, 0.3) is 11.1 Å². The number of alkyl halides is 3. The Balaban J connectivity index is 1.07. The topological polar surface area (TPSA) is 104 Å². The van der Waals surface area contributed by atoms with Gasteiger partial charge in [0.2, 0.25) is 5.91 Å². The van der Waals surface area contributed by atoms with Crippen LogP contribution in [0.5, 0.6) is 0 Å². The second-order valence-electron chi connectivity index (χ2n) is 14.9. The number of carbonyl (C=O) groups excluding carboxylic acids is 3. The van der Waals surface area contributed by atoms with E-state index in [1.807, 2.05) is 17.9 Å². The minimum absolute atomic E-state index is 0.0267. The van der Waals surface area contributed by atoms with Crippen molar-refractivity contribution in [2.75, 3.05) is 31.1 Å². The number of benzene rings is 2. The molecule has 3 aromatic rings. The average Bonchev–Trinajstić information content (AvgIpc) is 3.91. The first-order chi connectivity index (χ1) is 23.6. The smallest absolute Gasteiger partial charge is 0.416 e. The molecule has 0 unspecified atom stereocenters. The molecule has 3 heterocycles. The molecule has 3 amide bonds. The fraction of sp³-hybridized carbons (Fsp3) is 0.474. The van der Waals surface area contributed by atoms with Gasteiger partial charge in [-0.25, -0.2) is 4.79 Å². The van der Waals surface area contributed by atoms with E-state index in [1.165, 1.54) is 6.07 Å². The summed E-state index contributed by atoms with van der Waals surface area (Å²) in [5, 5.41) is 5.61. The number of hydrogen-bond acceptors (Lipinski definition) is 6. The van der Waals surface area contributed by atoms with Gasteiger partial charge in [-0.3, -0.25) is 14.6 Å². The summed E-state index contributed by atoms with van der Waals surface area (Å²) in [4.78, 5) is 46.5. The summed E-state index contributed by atoms with van der Waals surface area (Å²) in [6, 6.07) is 13.6. The Labute approximate surface area is 290 Å². The number of halogens is 3. The van der Waals surface area contributed by atoms with E-state index in [9.17, 15) is 27.6 Å². The van der Waals surface area contributed by atoms with Crippen LogP contribution in [0, 0.1) is 11.3 Å². The SMILES string of the molecule is C[C@@H](NC(=O)c1cc(N2CC3(CCN(C(=O)C4CC4)CC3)C2)ccn1)c1ccc(-c2cc(C(F)(F)F)ccc2CNC(=O)OC(C)(C)C)cc1. The Morgan fingerprint density at radius 3 is 2.28 bits per heavy atom. The van der Waals surface area contributed by atoms with E-state index in [4.69, 9.17) is 4.74 Å². The molecule has 2 aromatic carbocycles. The fourth-order valence-electron chi connectivity index (χ4n) is 6.75. The highest BCUT2D eigenvalue weighted by molar-refractivity contribution is 5.93. The van der Waals surface area contributed by atoms with Gasteiger partial charge in [-0.1, -0.05) is 30.3 Å². The molecular formula is C38H44F3N5O4. The number of ether oxygens (including phenoxy) is 1. The van der Waals surface area contributed by atoms with Crippen LogP contribution in [0.3, 0.4) is 0 Å². The lowest BCUT2D eigenvalue weighted by atomic mass is 9.71. The highest BCUT2D eigenvalue weighted by atomic mass is 19.4. The molecule has 9 nitrogen and oxygen atoms in total. The molecule has 2 aliphatic heterocycles. The normalized spacial score (nSPS) is 17.9. The maximum atomic E-state index is 13.6. The van der Waals surface area contributed by atoms with Crippen LogP contribution in [0.15, 0.2) is 60.8 Å². The van der Waals surface area contributed by atoms with Crippen molar-refractivity contribution >= 4 is 23.6 Å². The Hall–Kier alpha value is -4.61. The monoisotopic (exact) mass is 691 g/mol. The Morgan fingerprint density at radius 2 is 1.66 bits per heavy atom. The number of pyridine rings is 1. The van der Waals surface area contributed by atoms with E-state index in [2.05, 4.69) is 20.5 Å². The van der Waals surface area contributed by atoms with Crippen molar-refractivity contribution in [2.45, 2.75) is 77.7 Å². The maximum Gasteiger partial charge on any atom is 0.416 e. The molecule has 1 saturated carbocycles. The zero-order chi connectivity index (χ0) is 35.8. The van der Waals surface area contributed by atoms with Crippen molar-refractivity contribution in [2.24, 2.45) is 11.3 Å². The lowest BCUT2D eigenvalue weighted by Gasteiger charge is -2.55.